The Labute approximate surface area is 99.3 Å². The highest BCUT2D eigenvalue weighted by molar-refractivity contribution is 14.1. The summed E-state index contributed by atoms with van der Waals surface area (Å²) in [6, 6.07) is 6.11. The minimum absolute atomic E-state index is 0.114. The molecule has 13 heavy (non-hydrogen) atoms. The van der Waals surface area contributed by atoms with Gasteiger partial charge in [0.05, 0.1) is 6.61 Å². The highest BCUT2D eigenvalue weighted by Crippen LogP contribution is 2.33. The first-order valence-corrected chi connectivity index (χ1v) is 6.07. The van der Waals surface area contributed by atoms with Crippen molar-refractivity contribution in [3.63, 3.8) is 0 Å². The molecular formula is C9H7IOS2. The summed E-state index contributed by atoms with van der Waals surface area (Å²) in [7, 11) is 0. The first-order chi connectivity index (χ1) is 6.22. The lowest BCUT2D eigenvalue weighted by atomic mass is 10.2. The van der Waals surface area contributed by atoms with Crippen molar-refractivity contribution in [2.45, 2.75) is 11.5 Å². The smallest absolute Gasteiger partial charge is 0.0774 e. The number of hydrogen-bond acceptors (Lipinski definition) is 3. The number of thiol groups is 1. The van der Waals surface area contributed by atoms with Gasteiger partial charge in [0.15, 0.2) is 0 Å². The third-order valence-electron chi connectivity index (χ3n) is 1.82. The summed E-state index contributed by atoms with van der Waals surface area (Å²) in [5.41, 5.74) is 0. The normalized spacial score (nSPS) is 11.0. The average molecular weight is 322 g/mol. The highest BCUT2D eigenvalue weighted by atomic mass is 127. The maximum absolute atomic E-state index is 8.98. The summed E-state index contributed by atoms with van der Waals surface area (Å²) in [5, 5.41) is 10.1. The molecule has 1 heterocycles. The van der Waals surface area contributed by atoms with Gasteiger partial charge in [-0.15, -0.1) is 24.0 Å². The van der Waals surface area contributed by atoms with Crippen LogP contribution in [-0.4, -0.2) is 5.11 Å². The average Bonchev–Trinajstić information content (AvgIpc) is 2.55. The number of aliphatic hydroxyl groups is 1. The largest absolute Gasteiger partial charge is 0.391 e. The second-order valence-corrected chi connectivity index (χ2v) is 5.43. The van der Waals surface area contributed by atoms with E-state index in [9.17, 15) is 0 Å². The molecule has 1 aromatic carbocycles. The molecule has 0 unspecified atom stereocenters. The van der Waals surface area contributed by atoms with Gasteiger partial charge in [0.1, 0.15) is 0 Å². The van der Waals surface area contributed by atoms with E-state index in [2.05, 4.69) is 41.3 Å². The fourth-order valence-corrected chi connectivity index (χ4v) is 3.13. The highest BCUT2D eigenvalue weighted by Gasteiger charge is 2.06. The van der Waals surface area contributed by atoms with Gasteiger partial charge in [0, 0.05) is 18.0 Å². The van der Waals surface area contributed by atoms with Crippen LogP contribution in [0.1, 0.15) is 4.88 Å². The lowest BCUT2D eigenvalue weighted by molar-refractivity contribution is 0.285. The Morgan fingerprint density at radius 1 is 1.46 bits per heavy atom. The van der Waals surface area contributed by atoms with E-state index in [0.717, 1.165) is 13.3 Å². The molecule has 1 nitrogen and oxygen atoms in total. The number of fused-ring (bicyclic) bond motifs is 1. The van der Waals surface area contributed by atoms with Gasteiger partial charge in [0.2, 0.25) is 0 Å². The zero-order valence-electron chi connectivity index (χ0n) is 6.62. The quantitative estimate of drug-likeness (QED) is 0.610. The Bertz CT molecular complexity index is 450. The van der Waals surface area contributed by atoms with Crippen molar-refractivity contribution in [1.82, 2.24) is 0 Å². The van der Waals surface area contributed by atoms with Crippen LogP contribution in [0.5, 0.6) is 0 Å². The van der Waals surface area contributed by atoms with E-state index >= 15 is 0 Å². The number of aliphatic hydroxyl groups excluding tert-OH is 1. The van der Waals surface area contributed by atoms with Gasteiger partial charge < -0.3 is 5.11 Å². The Kier molecular flexibility index (Phi) is 2.83. The molecule has 0 aliphatic heterocycles. The second kappa shape index (κ2) is 3.76. The Morgan fingerprint density at radius 3 is 2.92 bits per heavy atom. The number of hydrogen-bond donors (Lipinski definition) is 2. The fourth-order valence-electron chi connectivity index (χ4n) is 1.20. The molecule has 1 aromatic heterocycles. The van der Waals surface area contributed by atoms with Crippen molar-refractivity contribution >= 4 is 56.6 Å². The summed E-state index contributed by atoms with van der Waals surface area (Å²) >= 11 is 8.31. The van der Waals surface area contributed by atoms with E-state index in [-0.39, 0.29) is 6.61 Å². The maximum Gasteiger partial charge on any atom is 0.0774 e. The molecule has 0 saturated heterocycles. The Morgan fingerprint density at radius 2 is 2.23 bits per heavy atom. The lowest BCUT2D eigenvalue weighted by Gasteiger charge is -1.96. The van der Waals surface area contributed by atoms with Crippen LogP contribution in [0, 0.1) is 3.57 Å². The monoisotopic (exact) mass is 322 g/mol. The number of thiophene rings is 1. The molecule has 0 radical (unpaired) electrons. The van der Waals surface area contributed by atoms with Crippen molar-refractivity contribution in [2.24, 2.45) is 0 Å². The number of halogens is 1. The van der Waals surface area contributed by atoms with E-state index in [1.807, 2.05) is 12.1 Å². The van der Waals surface area contributed by atoms with Crippen molar-refractivity contribution in [2.75, 3.05) is 0 Å². The molecule has 0 amide bonds. The van der Waals surface area contributed by atoms with Gasteiger partial charge in [-0.25, -0.2) is 0 Å². The maximum atomic E-state index is 8.98. The van der Waals surface area contributed by atoms with Crippen LogP contribution in [0.2, 0.25) is 0 Å². The molecule has 2 aromatic rings. The predicted octanol–water partition coefficient (Wildman–Crippen LogP) is 3.29. The van der Waals surface area contributed by atoms with Crippen LogP contribution >= 0.6 is 46.6 Å². The van der Waals surface area contributed by atoms with E-state index < -0.39 is 0 Å². The zero-order chi connectivity index (χ0) is 9.42. The molecule has 0 atom stereocenters. The van der Waals surface area contributed by atoms with Crippen LogP contribution in [0.3, 0.4) is 0 Å². The van der Waals surface area contributed by atoms with Crippen LogP contribution < -0.4 is 0 Å². The van der Waals surface area contributed by atoms with Gasteiger partial charge in [-0.2, -0.15) is 0 Å². The molecule has 68 valence electrons. The molecule has 1 N–H and O–H groups in total. The van der Waals surface area contributed by atoms with E-state index in [0.29, 0.717) is 0 Å². The van der Waals surface area contributed by atoms with E-state index in [1.54, 1.807) is 11.3 Å². The lowest BCUT2D eigenvalue weighted by Crippen LogP contribution is -1.73. The first kappa shape index (κ1) is 9.76. The predicted molar refractivity (Wildman–Crippen MR) is 67.7 cm³/mol. The molecule has 4 heteroatoms. The van der Waals surface area contributed by atoms with Gasteiger partial charge in [-0.1, -0.05) is 6.07 Å². The van der Waals surface area contributed by atoms with Gasteiger partial charge in [0.25, 0.3) is 0 Å². The van der Waals surface area contributed by atoms with Crippen molar-refractivity contribution in [1.29, 1.82) is 0 Å². The van der Waals surface area contributed by atoms with Crippen LogP contribution in [0.4, 0.5) is 0 Å². The SMILES string of the molecule is OCc1cc2ccc(I)c(S)c2s1. The molecule has 0 fully saturated rings. The first-order valence-electron chi connectivity index (χ1n) is 3.73. The zero-order valence-corrected chi connectivity index (χ0v) is 10.5. The van der Waals surface area contributed by atoms with E-state index in [1.165, 1.54) is 10.1 Å². The summed E-state index contributed by atoms with van der Waals surface area (Å²) in [6.45, 7) is 0.114. The molecule has 0 spiro atoms. The number of rotatable bonds is 1. The standard InChI is InChI=1S/C9H7IOS2/c10-7-2-1-5-3-6(4-11)13-9(5)8(7)12/h1-3,11-12H,4H2. The summed E-state index contributed by atoms with van der Waals surface area (Å²) in [5.74, 6) is 0. The van der Waals surface area contributed by atoms with Crippen LogP contribution in [-0.2, 0) is 6.61 Å². The molecular weight excluding hydrogens is 315 g/mol. The number of benzene rings is 1. The van der Waals surface area contributed by atoms with Gasteiger partial charge >= 0.3 is 0 Å². The Balaban J connectivity index is 2.76. The van der Waals surface area contributed by atoms with Crippen LogP contribution in [0.15, 0.2) is 23.1 Å². The van der Waals surface area contributed by atoms with Gasteiger partial charge in [-0.3, -0.25) is 0 Å². The minimum atomic E-state index is 0.114. The van der Waals surface area contributed by atoms with Crippen molar-refractivity contribution in [3.8, 4) is 0 Å². The third-order valence-corrected chi connectivity index (χ3v) is 4.91. The molecule has 0 saturated carbocycles. The topological polar surface area (TPSA) is 20.2 Å². The third kappa shape index (κ3) is 1.72. The summed E-state index contributed by atoms with van der Waals surface area (Å²) < 4.78 is 2.32. The van der Waals surface area contributed by atoms with E-state index in [4.69, 9.17) is 5.11 Å². The van der Waals surface area contributed by atoms with Crippen molar-refractivity contribution < 1.29 is 5.11 Å². The van der Waals surface area contributed by atoms with Crippen molar-refractivity contribution in [3.05, 3.63) is 26.6 Å². The molecule has 0 aliphatic carbocycles. The second-order valence-electron chi connectivity index (χ2n) is 2.69. The van der Waals surface area contributed by atoms with Crippen LogP contribution in [0.25, 0.3) is 10.1 Å². The molecule has 0 bridgehead atoms. The molecule has 2 rings (SSSR count). The fraction of sp³-hybridized carbons (Fsp3) is 0.111. The minimum Gasteiger partial charge on any atom is -0.391 e. The summed E-state index contributed by atoms with van der Waals surface area (Å²) in [4.78, 5) is 2.01. The Hall–Kier alpha value is 0.220. The summed E-state index contributed by atoms with van der Waals surface area (Å²) in [6.07, 6.45) is 0. The molecule has 0 aliphatic rings. The van der Waals surface area contributed by atoms with Gasteiger partial charge in [-0.05, 0) is 40.1 Å².